The van der Waals surface area contributed by atoms with E-state index in [9.17, 15) is 34.8 Å². The fourth-order valence-corrected chi connectivity index (χ4v) is 4.16. The predicted octanol–water partition coefficient (Wildman–Crippen LogP) is 6.64. The van der Waals surface area contributed by atoms with Gasteiger partial charge in [-0.15, -0.1) is 0 Å². The van der Waals surface area contributed by atoms with E-state index in [-0.39, 0.29) is 0 Å². The number of fused-ring (bicyclic) bond motifs is 1. The zero-order valence-electron chi connectivity index (χ0n) is 19.4. The van der Waals surface area contributed by atoms with Gasteiger partial charge in [0.05, 0.1) is 23.0 Å². The molecule has 200 valence electrons. The molecule has 0 saturated carbocycles. The number of rotatable bonds is 7. The maximum Gasteiger partial charge on any atom is 0.434 e. The van der Waals surface area contributed by atoms with E-state index in [1.54, 1.807) is 54.6 Å². The van der Waals surface area contributed by atoms with Crippen LogP contribution in [0.2, 0.25) is 0 Å². The number of aromatic amines is 1. The first-order valence-electron chi connectivity index (χ1n) is 10.8. The molecule has 0 radical (unpaired) electrons. The molecular formula is C25H19F6N3O3S. The predicted molar refractivity (Wildman–Crippen MR) is 132 cm³/mol. The first kappa shape index (κ1) is 27.0. The molecular weight excluding hydrogens is 536 g/mol. The van der Waals surface area contributed by atoms with Crippen LogP contribution >= 0.6 is 0 Å². The second-order valence-corrected chi connectivity index (χ2v) is 10.0. The zero-order valence-corrected chi connectivity index (χ0v) is 20.2. The molecule has 0 bridgehead atoms. The fraction of sp³-hybridized carbons (Fsp3) is 0.160. The summed E-state index contributed by atoms with van der Waals surface area (Å²) in [7, 11) is -3.49. The number of anilines is 1. The summed E-state index contributed by atoms with van der Waals surface area (Å²) in [6.07, 6.45) is -10.9. The SMILES string of the molecule is CS(=O)(=O)Nc1ccccc1-c1ccc2nc(/C=C/c3ccc(OC(C(F)(F)F)C(F)(F)F)cc3)[nH]c2c1. The molecule has 0 atom stereocenters. The van der Waals surface area contributed by atoms with Crippen LogP contribution in [0, 0.1) is 0 Å². The van der Waals surface area contributed by atoms with Gasteiger partial charge in [0.1, 0.15) is 11.6 Å². The number of para-hydroxylation sites is 1. The Balaban J connectivity index is 1.52. The fourth-order valence-electron chi connectivity index (χ4n) is 3.59. The van der Waals surface area contributed by atoms with Crippen molar-refractivity contribution in [1.82, 2.24) is 9.97 Å². The number of aromatic nitrogens is 2. The number of nitrogens with zero attached hydrogens (tertiary/aromatic N) is 1. The number of hydrogen-bond acceptors (Lipinski definition) is 4. The number of hydrogen-bond donors (Lipinski definition) is 2. The number of alkyl halides is 6. The van der Waals surface area contributed by atoms with Crippen molar-refractivity contribution in [3.8, 4) is 16.9 Å². The molecule has 6 nitrogen and oxygen atoms in total. The molecule has 1 heterocycles. The number of H-pyrrole nitrogens is 1. The third-order valence-corrected chi connectivity index (χ3v) is 5.79. The lowest BCUT2D eigenvalue weighted by molar-refractivity contribution is -0.299. The molecule has 4 aromatic rings. The van der Waals surface area contributed by atoms with Crippen molar-refractivity contribution in [2.45, 2.75) is 18.5 Å². The molecule has 0 aliphatic heterocycles. The Morgan fingerprint density at radius 1 is 0.921 bits per heavy atom. The number of benzene rings is 3. The minimum Gasteiger partial charge on any atom is -0.471 e. The maximum absolute atomic E-state index is 12.7. The van der Waals surface area contributed by atoms with Gasteiger partial charge in [-0.3, -0.25) is 4.72 Å². The number of halogens is 6. The van der Waals surface area contributed by atoms with E-state index in [0.29, 0.717) is 33.7 Å². The highest BCUT2D eigenvalue weighted by molar-refractivity contribution is 7.92. The van der Waals surface area contributed by atoms with Gasteiger partial charge in [0.25, 0.3) is 6.10 Å². The van der Waals surface area contributed by atoms with E-state index in [0.717, 1.165) is 24.0 Å². The summed E-state index contributed by atoms with van der Waals surface area (Å²) in [6, 6.07) is 16.9. The lowest BCUT2D eigenvalue weighted by Crippen LogP contribution is -2.46. The first-order chi connectivity index (χ1) is 17.7. The van der Waals surface area contributed by atoms with Gasteiger partial charge in [-0.25, -0.2) is 13.4 Å². The average molecular weight is 556 g/mol. The monoisotopic (exact) mass is 555 g/mol. The summed E-state index contributed by atoms with van der Waals surface area (Å²) >= 11 is 0. The largest absolute Gasteiger partial charge is 0.471 e. The van der Waals surface area contributed by atoms with E-state index >= 15 is 0 Å². The van der Waals surface area contributed by atoms with Crippen molar-refractivity contribution in [2.24, 2.45) is 0 Å². The van der Waals surface area contributed by atoms with E-state index in [2.05, 4.69) is 19.4 Å². The summed E-state index contributed by atoms with van der Waals surface area (Å²) in [4.78, 5) is 7.53. The van der Waals surface area contributed by atoms with Crippen molar-refractivity contribution in [1.29, 1.82) is 0 Å². The number of sulfonamides is 1. The van der Waals surface area contributed by atoms with Gasteiger partial charge in [-0.1, -0.05) is 42.5 Å². The lowest BCUT2D eigenvalue weighted by Gasteiger charge is -2.23. The van der Waals surface area contributed by atoms with E-state index in [4.69, 9.17) is 0 Å². The van der Waals surface area contributed by atoms with Crippen molar-refractivity contribution in [2.75, 3.05) is 11.0 Å². The van der Waals surface area contributed by atoms with Crippen LogP contribution in [0.4, 0.5) is 32.0 Å². The maximum atomic E-state index is 12.7. The molecule has 0 aliphatic rings. The van der Waals surface area contributed by atoms with Crippen molar-refractivity contribution in [3.63, 3.8) is 0 Å². The molecule has 1 aromatic heterocycles. The van der Waals surface area contributed by atoms with Crippen LogP contribution < -0.4 is 9.46 Å². The van der Waals surface area contributed by atoms with Gasteiger partial charge < -0.3 is 9.72 Å². The first-order valence-corrected chi connectivity index (χ1v) is 12.7. The Kier molecular flexibility index (Phi) is 7.15. The number of ether oxygens (including phenoxy) is 1. The van der Waals surface area contributed by atoms with Gasteiger partial charge in [0, 0.05) is 5.56 Å². The second kappa shape index (κ2) is 10.0. The highest BCUT2D eigenvalue weighted by Gasteiger charge is 2.59. The molecule has 0 spiro atoms. The van der Waals surface area contributed by atoms with Crippen LogP contribution in [-0.4, -0.2) is 43.1 Å². The van der Waals surface area contributed by atoms with Crippen LogP contribution in [0.15, 0.2) is 66.7 Å². The minimum atomic E-state index is -5.61. The molecule has 4 rings (SSSR count). The smallest absolute Gasteiger partial charge is 0.434 e. The number of imidazole rings is 1. The summed E-state index contributed by atoms with van der Waals surface area (Å²) < 4.78 is 106. The quantitative estimate of drug-likeness (QED) is 0.250. The topological polar surface area (TPSA) is 84.1 Å². The Bertz CT molecular complexity index is 1560. The highest BCUT2D eigenvalue weighted by Crippen LogP contribution is 2.36. The average Bonchev–Trinajstić information content (AvgIpc) is 3.22. The van der Waals surface area contributed by atoms with E-state index < -0.39 is 34.2 Å². The summed E-state index contributed by atoms with van der Waals surface area (Å²) in [5.41, 5.74) is 3.57. The van der Waals surface area contributed by atoms with Gasteiger partial charge in [0.15, 0.2) is 0 Å². The number of nitrogens with one attached hydrogen (secondary N) is 2. The summed E-state index contributed by atoms with van der Waals surface area (Å²) in [5.74, 6) is -0.141. The van der Waals surface area contributed by atoms with Gasteiger partial charge in [-0.2, -0.15) is 26.3 Å². The van der Waals surface area contributed by atoms with Gasteiger partial charge >= 0.3 is 12.4 Å². The molecule has 0 fully saturated rings. The van der Waals surface area contributed by atoms with Crippen molar-refractivity contribution < 1.29 is 39.5 Å². The molecule has 0 unspecified atom stereocenters. The van der Waals surface area contributed by atoms with Gasteiger partial charge in [-0.05, 0) is 47.5 Å². The molecule has 3 aromatic carbocycles. The van der Waals surface area contributed by atoms with E-state index in [1.165, 1.54) is 12.1 Å². The van der Waals surface area contributed by atoms with Crippen LogP contribution in [0.3, 0.4) is 0 Å². The molecule has 0 amide bonds. The Morgan fingerprint density at radius 2 is 1.58 bits per heavy atom. The molecule has 2 N–H and O–H groups in total. The Labute approximate surface area is 213 Å². The Hall–Kier alpha value is -4.00. The molecule has 38 heavy (non-hydrogen) atoms. The van der Waals surface area contributed by atoms with Crippen molar-refractivity contribution in [3.05, 3.63) is 78.1 Å². The summed E-state index contributed by atoms with van der Waals surface area (Å²) in [5, 5.41) is 0. The van der Waals surface area contributed by atoms with Crippen LogP contribution in [0.25, 0.3) is 34.3 Å². The highest BCUT2D eigenvalue weighted by atomic mass is 32.2. The summed E-state index contributed by atoms with van der Waals surface area (Å²) in [6.45, 7) is 0. The lowest BCUT2D eigenvalue weighted by atomic mass is 10.0. The third kappa shape index (κ3) is 6.65. The standard InChI is InChI=1S/C25H19F6N3O3S/c1-38(35,36)34-19-5-3-2-4-18(19)16-9-12-20-21(14-16)33-22(32-20)13-8-15-6-10-17(11-7-15)37-23(24(26,27)28)25(29,30)31/h2-14,23,34H,1H3,(H,32,33)/b13-8+. The zero-order chi connectivity index (χ0) is 27.7. The second-order valence-electron chi connectivity index (χ2n) is 8.26. The van der Waals surface area contributed by atoms with Crippen molar-refractivity contribution >= 4 is 38.9 Å². The molecule has 0 aliphatic carbocycles. The third-order valence-electron chi connectivity index (χ3n) is 5.20. The normalized spacial score (nSPS) is 12.9. The van der Waals surface area contributed by atoms with Crippen LogP contribution in [-0.2, 0) is 10.0 Å². The van der Waals surface area contributed by atoms with Gasteiger partial charge in [0.2, 0.25) is 10.0 Å². The minimum absolute atomic E-state index is 0.415. The van der Waals surface area contributed by atoms with Crippen LogP contribution in [0.1, 0.15) is 11.4 Å². The van der Waals surface area contributed by atoms with E-state index in [1.807, 2.05) is 0 Å². The molecule has 13 heteroatoms. The van der Waals surface area contributed by atoms with Crippen LogP contribution in [0.5, 0.6) is 5.75 Å². The molecule has 0 saturated heterocycles. The Morgan fingerprint density at radius 3 is 2.21 bits per heavy atom.